The third-order valence-corrected chi connectivity index (χ3v) is 4.08. The van der Waals surface area contributed by atoms with Crippen molar-refractivity contribution in [2.24, 2.45) is 11.7 Å². The summed E-state index contributed by atoms with van der Waals surface area (Å²) in [6.07, 6.45) is 15.5. The Hall–Kier alpha value is -0.0800. The fraction of sp³-hybridized carbons (Fsp3) is 1.00. The second kappa shape index (κ2) is 16.0. The third-order valence-electron chi connectivity index (χ3n) is 4.08. The van der Waals surface area contributed by atoms with Crippen molar-refractivity contribution in [3.8, 4) is 0 Å². The van der Waals surface area contributed by atoms with Gasteiger partial charge in [-0.3, -0.25) is 0 Å². The smallest absolute Gasteiger partial charge is 0.00745 e. The maximum absolute atomic E-state index is 5.45. The van der Waals surface area contributed by atoms with Crippen molar-refractivity contribution in [1.29, 1.82) is 0 Å². The minimum atomic E-state index is 0.760. The standard InChI is InChI=1S/C17H38N2/c1-3-5-6-7-8-9-12-17(4-2)13-10-11-15-19-16-14-18/h17,19H,3-16,18H2,1-2H3. The molecule has 0 saturated carbocycles. The van der Waals surface area contributed by atoms with Crippen LogP contribution < -0.4 is 11.1 Å². The maximum atomic E-state index is 5.45. The average molecular weight is 271 g/mol. The molecule has 0 rings (SSSR count). The van der Waals surface area contributed by atoms with Crippen LogP contribution in [0, 0.1) is 5.92 Å². The number of unbranched alkanes of at least 4 members (excludes halogenated alkanes) is 6. The van der Waals surface area contributed by atoms with Crippen molar-refractivity contribution in [3.63, 3.8) is 0 Å². The molecule has 0 saturated heterocycles. The highest BCUT2D eigenvalue weighted by Crippen LogP contribution is 2.20. The molecule has 0 aromatic heterocycles. The second-order valence-electron chi connectivity index (χ2n) is 5.87. The lowest BCUT2D eigenvalue weighted by atomic mass is 9.93. The second-order valence-corrected chi connectivity index (χ2v) is 5.87. The van der Waals surface area contributed by atoms with Crippen LogP contribution in [0.15, 0.2) is 0 Å². The monoisotopic (exact) mass is 270 g/mol. The van der Waals surface area contributed by atoms with Gasteiger partial charge in [0.15, 0.2) is 0 Å². The Morgan fingerprint density at radius 3 is 2.05 bits per heavy atom. The molecular weight excluding hydrogens is 232 g/mol. The first-order valence-corrected chi connectivity index (χ1v) is 8.75. The van der Waals surface area contributed by atoms with Gasteiger partial charge in [-0.25, -0.2) is 0 Å². The zero-order chi connectivity index (χ0) is 14.2. The van der Waals surface area contributed by atoms with Crippen LogP contribution >= 0.6 is 0 Å². The average Bonchev–Trinajstić information content (AvgIpc) is 2.44. The van der Waals surface area contributed by atoms with Crippen molar-refractivity contribution in [3.05, 3.63) is 0 Å². The molecule has 2 heteroatoms. The van der Waals surface area contributed by atoms with Gasteiger partial charge in [0.2, 0.25) is 0 Å². The molecule has 0 radical (unpaired) electrons. The Kier molecular flexibility index (Phi) is 15.9. The molecule has 0 aromatic rings. The molecule has 1 unspecified atom stereocenters. The van der Waals surface area contributed by atoms with Gasteiger partial charge in [0.1, 0.15) is 0 Å². The molecule has 0 spiro atoms. The molecule has 3 N–H and O–H groups in total. The summed E-state index contributed by atoms with van der Waals surface area (Å²) in [5, 5.41) is 3.37. The molecule has 0 aliphatic rings. The molecule has 0 amide bonds. The Morgan fingerprint density at radius 1 is 0.789 bits per heavy atom. The molecule has 0 aliphatic carbocycles. The highest BCUT2D eigenvalue weighted by atomic mass is 14.9. The first kappa shape index (κ1) is 18.9. The van der Waals surface area contributed by atoms with E-state index in [1.165, 1.54) is 70.6 Å². The summed E-state index contributed by atoms with van der Waals surface area (Å²) < 4.78 is 0. The van der Waals surface area contributed by atoms with Crippen molar-refractivity contribution < 1.29 is 0 Å². The van der Waals surface area contributed by atoms with E-state index in [1.54, 1.807) is 0 Å². The van der Waals surface area contributed by atoms with E-state index >= 15 is 0 Å². The van der Waals surface area contributed by atoms with Gasteiger partial charge in [-0.2, -0.15) is 0 Å². The number of nitrogens with two attached hydrogens (primary N) is 1. The largest absolute Gasteiger partial charge is 0.329 e. The van der Waals surface area contributed by atoms with Gasteiger partial charge < -0.3 is 11.1 Å². The van der Waals surface area contributed by atoms with Crippen LogP contribution in [0.3, 0.4) is 0 Å². The number of nitrogens with one attached hydrogen (secondary N) is 1. The van der Waals surface area contributed by atoms with Gasteiger partial charge in [0.25, 0.3) is 0 Å². The third kappa shape index (κ3) is 14.1. The van der Waals surface area contributed by atoms with Crippen molar-refractivity contribution >= 4 is 0 Å². The van der Waals surface area contributed by atoms with Gasteiger partial charge >= 0.3 is 0 Å². The molecule has 2 nitrogen and oxygen atoms in total. The molecule has 0 bridgehead atoms. The van der Waals surface area contributed by atoms with E-state index in [0.29, 0.717) is 0 Å². The van der Waals surface area contributed by atoms with Crippen LogP contribution in [0.4, 0.5) is 0 Å². The summed E-state index contributed by atoms with van der Waals surface area (Å²) in [5.74, 6) is 0.973. The zero-order valence-electron chi connectivity index (χ0n) is 13.6. The molecule has 0 aromatic carbocycles. The molecule has 19 heavy (non-hydrogen) atoms. The van der Waals surface area contributed by atoms with Crippen molar-refractivity contribution in [2.75, 3.05) is 19.6 Å². The van der Waals surface area contributed by atoms with Crippen LogP contribution in [0.25, 0.3) is 0 Å². The summed E-state index contributed by atoms with van der Waals surface area (Å²) in [7, 11) is 0. The SMILES string of the molecule is CCCCCCCCC(CC)CCCCNCCN. The number of hydrogen-bond acceptors (Lipinski definition) is 2. The van der Waals surface area contributed by atoms with E-state index in [0.717, 1.165) is 25.6 Å². The summed E-state index contributed by atoms with van der Waals surface area (Å²) in [6.45, 7) is 7.51. The van der Waals surface area contributed by atoms with E-state index in [-0.39, 0.29) is 0 Å². The van der Waals surface area contributed by atoms with E-state index in [2.05, 4.69) is 19.2 Å². The fourth-order valence-electron chi connectivity index (χ4n) is 2.68. The topological polar surface area (TPSA) is 38.0 Å². The lowest BCUT2D eigenvalue weighted by Gasteiger charge is -2.14. The molecule has 1 atom stereocenters. The highest BCUT2D eigenvalue weighted by molar-refractivity contribution is 4.59. The van der Waals surface area contributed by atoms with E-state index < -0.39 is 0 Å². The Morgan fingerprint density at radius 2 is 1.42 bits per heavy atom. The molecule has 0 fully saturated rings. The lowest BCUT2D eigenvalue weighted by molar-refractivity contribution is 0.395. The summed E-state index contributed by atoms with van der Waals surface area (Å²) in [6, 6.07) is 0. The minimum Gasteiger partial charge on any atom is -0.329 e. The molecule has 116 valence electrons. The van der Waals surface area contributed by atoms with E-state index in [4.69, 9.17) is 5.73 Å². The van der Waals surface area contributed by atoms with E-state index in [1.807, 2.05) is 0 Å². The van der Waals surface area contributed by atoms with Crippen LogP contribution in [-0.4, -0.2) is 19.6 Å². The van der Waals surface area contributed by atoms with Gasteiger partial charge in [0, 0.05) is 13.1 Å². The highest BCUT2D eigenvalue weighted by Gasteiger charge is 2.05. The number of hydrogen-bond donors (Lipinski definition) is 2. The maximum Gasteiger partial charge on any atom is 0.00745 e. The zero-order valence-corrected chi connectivity index (χ0v) is 13.6. The Labute approximate surface area is 121 Å². The summed E-state index contributed by atoms with van der Waals surface area (Å²) >= 11 is 0. The predicted molar refractivity (Wildman–Crippen MR) is 87.5 cm³/mol. The minimum absolute atomic E-state index is 0.760. The van der Waals surface area contributed by atoms with Crippen LogP contribution in [0.1, 0.15) is 84.5 Å². The summed E-state index contributed by atoms with van der Waals surface area (Å²) in [5.41, 5.74) is 5.45. The molecular formula is C17H38N2. The predicted octanol–water partition coefficient (Wildman–Crippen LogP) is 4.48. The first-order valence-electron chi connectivity index (χ1n) is 8.75. The van der Waals surface area contributed by atoms with Crippen LogP contribution in [0.5, 0.6) is 0 Å². The van der Waals surface area contributed by atoms with Crippen LogP contribution in [0.2, 0.25) is 0 Å². The molecule has 0 heterocycles. The van der Waals surface area contributed by atoms with Gasteiger partial charge in [-0.05, 0) is 18.9 Å². The normalized spacial score (nSPS) is 12.8. The first-order chi connectivity index (χ1) is 9.35. The van der Waals surface area contributed by atoms with E-state index in [9.17, 15) is 0 Å². The summed E-state index contributed by atoms with van der Waals surface area (Å²) in [4.78, 5) is 0. The van der Waals surface area contributed by atoms with Crippen molar-refractivity contribution in [2.45, 2.75) is 84.5 Å². The Balaban J connectivity index is 3.30. The molecule has 0 aliphatic heterocycles. The quantitative estimate of drug-likeness (QED) is 0.431. The van der Waals surface area contributed by atoms with Gasteiger partial charge in [0.05, 0.1) is 0 Å². The van der Waals surface area contributed by atoms with Gasteiger partial charge in [-0.1, -0.05) is 78.1 Å². The van der Waals surface area contributed by atoms with Gasteiger partial charge in [-0.15, -0.1) is 0 Å². The van der Waals surface area contributed by atoms with Crippen molar-refractivity contribution in [1.82, 2.24) is 5.32 Å². The fourth-order valence-corrected chi connectivity index (χ4v) is 2.68. The number of rotatable bonds is 15. The Bertz CT molecular complexity index is 143. The van der Waals surface area contributed by atoms with Crippen LogP contribution in [-0.2, 0) is 0 Å². The lowest BCUT2D eigenvalue weighted by Crippen LogP contribution is -2.23.